The molecule has 6 nitrogen and oxygen atoms in total. The van der Waals surface area contributed by atoms with Crippen molar-refractivity contribution in [3.05, 3.63) is 0 Å². The average Bonchev–Trinajstić information content (AvgIpc) is 2.39. The molecule has 18 heavy (non-hydrogen) atoms. The number of hydrazone groups is 1. The first-order chi connectivity index (χ1) is 8.58. The number of nitrogens with one attached hydrogen (secondary N) is 1. The number of hydrogen-bond donors (Lipinski definition) is 2. The van der Waals surface area contributed by atoms with E-state index in [0.717, 1.165) is 25.9 Å². The first kappa shape index (κ1) is 13.0. The van der Waals surface area contributed by atoms with Crippen molar-refractivity contribution in [3.8, 4) is 0 Å². The fourth-order valence-corrected chi connectivity index (χ4v) is 2.44. The van der Waals surface area contributed by atoms with E-state index in [4.69, 9.17) is 5.73 Å². The molecule has 2 aliphatic rings. The van der Waals surface area contributed by atoms with Crippen LogP contribution in [0.5, 0.6) is 0 Å². The van der Waals surface area contributed by atoms with E-state index < -0.39 is 0 Å². The SMILES string of the molecule is CC(N)C1CCN(C(=O)C2=NNC(=O)CC2)CC1. The molecular weight excluding hydrogens is 232 g/mol. The molecule has 3 N–H and O–H groups in total. The van der Waals surface area contributed by atoms with Gasteiger partial charge in [-0.25, -0.2) is 5.43 Å². The number of likely N-dealkylation sites (tertiary alicyclic amines) is 1. The summed E-state index contributed by atoms with van der Waals surface area (Å²) in [6.07, 6.45) is 2.69. The van der Waals surface area contributed by atoms with Gasteiger partial charge in [-0.2, -0.15) is 5.10 Å². The van der Waals surface area contributed by atoms with Crippen LogP contribution in [-0.4, -0.2) is 41.6 Å². The van der Waals surface area contributed by atoms with Crippen molar-refractivity contribution < 1.29 is 9.59 Å². The zero-order valence-electron chi connectivity index (χ0n) is 10.7. The van der Waals surface area contributed by atoms with Crippen LogP contribution in [0.4, 0.5) is 0 Å². The van der Waals surface area contributed by atoms with E-state index in [0.29, 0.717) is 24.5 Å². The molecule has 1 unspecified atom stereocenters. The van der Waals surface area contributed by atoms with Gasteiger partial charge in [0, 0.05) is 32.0 Å². The lowest BCUT2D eigenvalue weighted by Gasteiger charge is -2.34. The molecule has 1 atom stereocenters. The van der Waals surface area contributed by atoms with E-state index in [1.807, 2.05) is 11.8 Å². The molecule has 2 aliphatic heterocycles. The number of rotatable bonds is 2. The Morgan fingerprint density at radius 3 is 2.61 bits per heavy atom. The summed E-state index contributed by atoms with van der Waals surface area (Å²) < 4.78 is 0. The summed E-state index contributed by atoms with van der Waals surface area (Å²) in [4.78, 5) is 24.9. The molecular formula is C12H20N4O2. The van der Waals surface area contributed by atoms with Gasteiger partial charge in [0.25, 0.3) is 5.91 Å². The molecule has 0 radical (unpaired) electrons. The van der Waals surface area contributed by atoms with E-state index in [9.17, 15) is 9.59 Å². The highest BCUT2D eigenvalue weighted by atomic mass is 16.2. The lowest BCUT2D eigenvalue weighted by molar-refractivity contribution is -0.126. The average molecular weight is 252 g/mol. The van der Waals surface area contributed by atoms with Gasteiger partial charge in [0.15, 0.2) is 0 Å². The van der Waals surface area contributed by atoms with Crippen molar-refractivity contribution in [2.75, 3.05) is 13.1 Å². The predicted molar refractivity (Wildman–Crippen MR) is 67.8 cm³/mol. The summed E-state index contributed by atoms with van der Waals surface area (Å²) in [6, 6.07) is 0.188. The molecule has 2 amide bonds. The molecule has 100 valence electrons. The standard InChI is InChI=1S/C12H20N4O2/c1-8(13)9-4-6-16(7-5-9)12(18)10-2-3-11(17)15-14-10/h8-9H,2-7,13H2,1H3,(H,15,17). The van der Waals surface area contributed by atoms with Gasteiger partial charge in [-0.1, -0.05) is 0 Å². The van der Waals surface area contributed by atoms with Crippen molar-refractivity contribution in [2.24, 2.45) is 16.8 Å². The Kier molecular flexibility index (Phi) is 3.96. The second-order valence-corrected chi connectivity index (χ2v) is 5.08. The largest absolute Gasteiger partial charge is 0.338 e. The Bertz CT molecular complexity index is 370. The van der Waals surface area contributed by atoms with Crippen LogP contribution in [-0.2, 0) is 9.59 Å². The smallest absolute Gasteiger partial charge is 0.270 e. The van der Waals surface area contributed by atoms with E-state index in [1.54, 1.807) is 0 Å². The van der Waals surface area contributed by atoms with Gasteiger partial charge in [-0.15, -0.1) is 0 Å². The van der Waals surface area contributed by atoms with Crippen molar-refractivity contribution >= 4 is 17.5 Å². The number of hydrogen-bond acceptors (Lipinski definition) is 4. The summed E-state index contributed by atoms with van der Waals surface area (Å²) in [5, 5.41) is 3.84. The van der Waals surface area contributed by atoms with Crippen LogP contribution in [0.25, 0.3) is 0 Å². The Morgan fingerprint density at radius 2 is 2.11 bits per heavy atom. The lowest BCUT2D eigenvalue weighted by atomic mass is 9.90. The summed E-state index contributed by atoms with van der Waals surface area (Å²) in [5.41, 5.74) is 8.70. The molecule has 0 saturated carbocycles. The molecule has 0 bridgehead atoms. The number of carbonyl (C=O) groups excluding carboxylic acids is 2. The van der Waals surface area contributed by atoms with Gasteiger partial charge in [0.05, 0.1) is 0 Å². The summed E-state index contributed by atoms with van der Waals surface area (Å²) in [6.45, 7) is 3.49. The number of amides is 2. The van der Waals surface area contributed by atoms with Crippen molar-refractivity contribution in [2.45, 2.75) is 38.6 Å². The number of nitrogens with two attached hydrogens (primary N) is 1. The molecule has 2 rings (SSSR count). The van der Waals surface area contributed by atoms with Crippen molar-refractivity contribution in [3.63, 3.8) is 0 Å². The highest BCUT2D eigenvalue weighted by molar-refractivity contribution is 6.39. The van der Waals surface area contributed by atoms with Crippen LogP contribution in [0.2, 0.25) is 0 Å². The third-order valence-corrected chi connectivity index (χ3v) is 3.72. The Morgan fingerprint density at radius 1 is 1.44 bits per heavy atom. The van der Waals surface area contributed by atoms with Gasteiger partial charge in [-0.3, -0.25) is 9.59 Å². The molecule has 0 aromatic heterocycles. The number of nitrogens with zero attached hydrogens (tertiary/aromatic N) is 2. The highest BCUT2D eigenvalue weighted by Gasteiger charge is 2.28. The Labute approximate surface area is 107 Å². The van der Waals surface area contributed by atoms with Crippen LogP contribution >= 0.6 is 0 Å². The molecule has 0 aromatic carbocycles. The monoisotopic (exact) mass is 252 g/mol. The van der Waals surface area contributed by atoms with E-state index >= 15 is 0 Å². The topological polar surface area (TPSA) is 87.8 Å². The number of carbonyl (C=O) groups is 2. The molecule has 0 aromatic rings. The van der Waals surface area contributed by atoms with E-state index in [1.165, 1.54) is 0 Å². The predicted octanol–water partition coefficient (Wildman–Crippen LogP) is -0.162. The van der Waals surface area contributed by atoms with Crippen LogP contribution < -0.4 is 11.2 Å². The molecule has 2 heterocycles. The minimum absolute atomic E-state index is 0.0434. The molecule has 1 saturated heterocycles. The fraction of sp³-hybridized carbons (Fsp3) is 0.750. The third kappa shape index (κ3) is 2.87. The van der Waals surface area contributed by atoms with Crippen LogP contribution in [0.3, 0.4) is 0 Å². The first-order valence-electron chi connectivity index (χ1n) is 6.48. The summed E-state index contributed by atoms with van der Waals surface area (Å²) in [5.74, 6) is 0.336. The van der Waals surface area contributed by atoms with Crippen LogP contribution in [0.15, 0.2) is 5.10 Å². The molecule has 6 heteroatoms. The van der Waals surface area contributed by atoms with Crippen molar-refractivity contribution in [1.29, 1.82) is 0 Å². The van der Waals surface area contributed by atoms with Crippen LogP contribution in [0, 0.1) is 5.92 Å². The molecule has 0 aliphatic carbocycles. The van der Waals surface area contributed by atoms with E-state index in [2.05, 4.69) is 10.5 Å². The maximum Gasteiger partial charge on any atom is 0.270 e. The zero-order chi connectivity index (χ0) is 13.1. The van der Waals surface area contributed by atoms with Crippen molar-refractivity contribution in [1.82, 2.24) is 10.3 Å². The number of piperidine rings is 1. The van der Waals surface area contributed by atoms with Gasteiger partial charge >= 0.3 is 0 Å². The highest BCUT2D eigenvalue weighted by Crippen LogP contribution is 2.20. The second-order valence-electron chi connectivity index (χ2n) is 5.08. The Balaban J connectivity index is 1.90. The molecule has 0 spiro atoms. The minimum Gasteiger partial charge on any atom is -0.338 e. The molecule has 1 fully saturated rings. The summed E-state index contributed by atoms with van der Waals surface area (Å²) >= 11 is 0. The first-order valence-corrected chi connectivity index (χ1v) is 6.48. The second kappa shape index (κ2) is 5.48. The zero-order valence-corrected chi connectivity index (χ0v) is 10.7. The maximum atomic E-state index is 12.1. The maximum absolute atomic E-state index is 12.1. The quantitative estimate of drug-likeness (QED) is 0.715. The Hall–Kier alpha value is -1.43. The van der Waals surface area contributed by atoms with Crippen LogP contribution in [0.1, 0.15) is 32.6 Å². The van der Waals surface area contributed by atoms with Gasteiger partial charge in [0.2, 0.25) is 5.91 Å². The normalized spacial score (nSPS) is 23.3. The fourth-order valence-electron chi connectivity index (χ4n) is 2.44. The van der Waals surface area contributed by atoms with Gasteiger partial charge in [-0.05, 0) is 25.7 Å². The minimum atomic E-state index is -0.123. The third-order valence-electron chi connectivity index (χ3n) is 3.72. The van der Waals surface area contributed by atoms with Gasteiger partial charge < -0.3 is 10.6 Å². The van der Waals surface area contributed by atoms with E-state index in [-0.39, 0.29) is 17.9 Å². The lowest BCUT2D eigenvalue weighted by Crippen LogP contribution is -2.46. The van der Waals surface area contributed by atoms with Gasteiger partial charge in [0.1, 0.15) is 5.71 Å². The summed E-state index contributed by atoms with van der Waals surface area (Å²) in [7, 11) is 0.